The predicted octanol–water partition coefficient (Wildman–Crippen LogP) is 2.04. The third kappa shape index (κ3) is 4.47. The smallest absolute Gasteiger partial charge is 0.286 e. The predicted molar refractivity (Wildman–Crippen MR) is 95.9 cm³/mol. The summed E-state index contributed by atoms with van der Waals surface area (Å²) in [7, 11) is 2.67. The Labute approximate surface area is 154 Å². The lowest BCUT2D eigenvalue weighted by Crippen LogP contribution is -2.35. The van der Waals surface area contributed by atoms with E-state index in [1.807, 2.05) is 0 Å². The summed E-state index contributed by atoms with van der Waals surface area (Å²) in [5, 5.41) is 2.36. The Morgan fingerprint density at radius 1 is 1.41 bits per heavy atom. The third-order valence-electron chi connectivity index (χ3n) is 4.35. The number of nitrogens with zero attached hydrogens (tertiary/aromatic N) is 2. The van der Waals surface area contributed by atoms with Crippen molar-refractivity contribution < 1.29 is 22.8 Å². The van der Waals surface area contributed by atoms with Crippen molar-refractivity contribution in [2.24, 2.45) is 22.6 Å². The fourth-order valence-corrected chi connectivity index (χ4v) is 2.92. The molecule has 0 radical (unpaired) electrons. The molecule has 2 atom stereocenters. The minimum Gasteiger partial charge on any atom is -0.402 e. The number of carbonyl (C=O) groups is 2. The van der Waals surface area contributed by atoms with E-state index in [1.165, 1.54) is 37.2 Å². The number of anilines is 1. The molecule has 2 rings (SSSR count). The maximum atomic E-state index is 13.8. The number of hydrogen-bond acceptors (Lipinski definition) is 4. The molecular weight excluding hydrogens is 361 g/mol. The highest BCUT2D eigenvalue weighted by atomic mass is 19.3. The summed E-state index contributed by atoms with van der Waals surface area (Å²) < 4.78 is 40.9. The zero-order chi connectivity index (χ0) is 20.4. The Hall–Kier alpha value is -2.84. The van der Waals surface area contributed by atoms with Crippen LogP contribution in [0.15, 0.2) is 41.0 Å². The number of allylic oxidation sites excluding steroid dienone is 1. The molecule has 0 unspecified atom stereocenters. The van der Waals surface area contributed by atoms with Crippen molar-refractivity contribution in [1.29, 1.82) is 0 Å². The number of halogens is 3. The van der Waals surface area contributed by atoms with Crippen LogP contribution < -0.4 is 11.1 Å². The molecule has 0 aliphatic carbocycles. The Balaban J connectivity index is 2.31. The van der Waals surface area contributed by atoms with Crippen molar-refractivity contribution >= 4 is 23.2 Å². The molecule has 1 aromatic rings. The molecule has 1 saturated heterocycles. The molecule has 0 aromatic heterocycles. The normalized spacial score (nSPS) is 21.6. The second kappa shape index (κ2) is 7.81. The van der Waals surface area contributed by atoms with Gasteiger partial charge in [0.2, 0.25) is 11.8 Å². The molecular formula is C18H21F3N4O2. The number of alkyl halides is 2. The van der Waals surface area contributed by atoms with E-state index in [2.05, 4.69) is 10.3 Å². The van der Waals surface area contributed by atoms with Crippen LogP contribution in [0.2, 0.25) is 0 Å². The fourth-order valence-electron chi connectivity index (χ4n) is 2.92. The highest BCUT2D eigenvalue weighted by molar-refractivity contribution is 6.08. The maximum absolute atomic E-state index is 13.8. The summed E-state index contributed by atoms with van der Waals surface area (Å²) >= 11 is 0. The van der Waals surface area contributed by atoms with Crippen molar-refractivity contribution in [1.82, 2.24) is 4.90 Å². The van der Waals surface area contributed by atoms with Gasteiger partial charge in [-0.3, -0.25) is 14.6 Å². The average Bonchev–Trinajstić information content (AvgIpc) is 2.89. The topological polar surface area (TPSA) is 87.8 Å². The largest absolute Gasteiger partial charge is 0.402 e. The number of aliphatic imine (C=N–C) groups is 1. The molecule has 1 heterocycles. The van der Waals surface area contributed by atoms with Crippen LogP contribution in [0.3, 0.4) is 0 Å². The zero-order valence-corrected chi connectivity index (χ0v) is 15.2. The van der Waals surface area contributed by atoms with E-state index in [9.17, 15) is 22.8 Å². The number of benzene rings is 1. The Morgan fingerprint density at radius 2 is 2.04 bits per heavy atom. The lowest BCUT2D eigenvalue weighted by atomic mass is 9.90. The van der Waals surface area contributed by atoms with Gasteiger partial charge >= 0.3 is 0 Å². The standard InChI is InChI=1S/C18H21F3N4O2/c1-18(20,21)14(23-2)8-12(22)10-9-25(3)17(27)15(10)16(26)24-13-7-5-4-6-11(13)19/h4-8,10,15H,9,22H2,1-3H3,(H,24,26)/t10-,15+/m1/s1. The van der Waals surface area contributed by atoms with Crippen LogP contribution in [0, 0.1) is 17.7 Å². The van der Waals surface area contributed by atoms with Gasteiger partial charge in [-0.05, 0) is 18.2 Å². The number of hydrogen-bond donors (Lipinski definition) is 2. The summed E-state index contributed by atoms with van der Waals surface area (Å²) in [4.78, 5) is 29.8. The van der Waals surface area contributed by atoms with Crippen LogP contribution >= 0.6 is 0 Å². The Bertz CT molecular complexity index is 802. The average molecular weight is 382 g/mol. The highest BCUT2D eigenvalue weighted by Crippen LogP contribution is 2.30. The van der Waals surface area contributed by atoms with Crippen molar-refractivity contribution in [3.8, 4) is 0 Å². The van der Waals surface area contributed by atoms with Gasteiger partial charge in [0.05, 0.1) is 5.69 Å². The van der Waals surface area contributed by atoms with Crippen LogP contribution in [-0.2, 0) is 9.59 Å². The lowest BCUT2D eigenvalue weighted by Gasteiger charge is -2.18. The van der Waals surface area contributed by atoms with E-state index in [0.29, 0.717) is 6.92 Å². The first kappa shape index (κ1) is 20.5. The van der Waals surface area contributed by atoms with Crippen LogP contribution in [0.1, 0.15) is 6.92 Å². The quantitative estimate of drug-likeness (QED) is 0.603. The molecule has 1 fully saturated rings. The highest BCUT2D eigenvalue weighted by Gasteiger charge is 2.45. The molecule has 3 N–H and O–H groups in total. The maximum Gasteiger partial charge on any atom is 0.286 e. The third-order valence-corrected chi connectivity index (χ3v) is 4.35. The van der Waals surface area contributed by atoms with Gasteiger partial charge in [0, 0.05) is 39.2 Å². The van der Waals surface area contributed by atoms with Crippen LogP contribution in [0.5, 0.6) is 0 Å². The molecule has 6 nitrogen and oxygen atoms in total. The SMILES string of the molecule is CN=C(C=C(N)[C@H]1CN(C)C(=O)[C@@H]1C(=O)Nc1ccccc1F)C(C)(F)F. The van der Waals surface area contributed by atoms with Crippen LogP contribution in [0.4, 0.5) is 18.9 Å². The van der Waals surface area contributed by atoms with E-state index in [1.54, 1.807) is 0 Å². The molecule has 1 aliphatic rings. The van der Waals surface area contributed by atoms with E-state index in [-0.39, 0.29) is 17.9 Å². The number of carbonyl (C=O) groups excluding carboxylic acids is 2. The molecule has 146 valence electrons. The Morgan fingerprint density at radius 3 is 2.59 bits per heavy atom. The first-order valence-corrected chi connectivity index (χ1v) is 8.18. The molecule has 0 saturated carbocycles. The van der Waals surface area contributed by atoms with E-state index in [4.69, 9.17) is 5.73 Å². The second-order valence-electron chi connectivity index (χ2n) is 6.41. The van der Waals surface area contributed by atoms with E-state index >= 15 is 0 Å². The van der Waals surface area contributed by atoms with Crippen molar-refractivity contribution in [2.45, 2.75) is 12.8 Å². The molecule has 9 heteroatoms. The number of rotatable bonds is 5. The Kier molecular flexibility index (Phi) is 5.92. The van der Waals surface area contributed by atoms with Gasteiger partial charge in [0.1, 0.15) is 17.4 Å². The number of nitrogens with two attached hydrogens (primary N) is 1. The van der Waals surface area contributed by atoms with Gasteiger partial charge in [-0.15, -0.1) is 0 Å². The number of para-hydroxylation sites is 1. The first-order chi connectivity index (χ1) is 12.6. The molecule has 0 bridgehead atoms. The molecule has 2 amide bonds. The van der Waals surface area contributed by atoms with E-state index in [0.717, 1.165) is 12.1 Å². The van der Waals surface area contributed by atoms with Crippen molar-refractivity contribution in [2.75, 3.05) is 26.0 Å². The molecule has 1 aliphatic heterocycles. The fraction of sp³-hybridized carbons (Fsp3) is 0.389. The molecule has 1 aromatic carbocycles. The lowest BCUT2D eigenvalue weighted by molar-refractivity contribution is -0.135. The molecule has 27 heavy (non-hydrogen) atoms. The van der Waals surface area contributed by atoms with Gasteiger partial charge in [0.15, 0.2) is 0 Å². The summed E-state index contributed by atoms with van der Waals surface area (Å²) in [5.74, 6) is -7.25. The van der Waals surface area contributed by atoms with E-state index < -0.39 is 41.1 Å². The summed E-state index contributed by atoms with van der Waals surface area (Å²) in [6.07, 6.45) is 0.987. The van der Waals surface area contributed by atoms with Crippen molar-refractivity contribution in [3.63, 3.8) is 0 Å². The van der Waals surface area contributed by atoms with Gasteiger partial charge in [-0.1, -0.05) is 12.1 Å². The van der Waals surface area contributed by atoms with Gasteiger partial charge in [-0.2, -0.15) is 8.78 Å². The van der Waals surface area contributed by atoms with Crippen LogP contribution in [0.25, 0.3) is 0 Å². The number of nitrogens with one attached hydrogen (secondary N) is 1. The zero-order valence-electron chi connectivity index (χ0n) is 15.2. The first-order valence-electron chi connectivity index (χ1n) is 8.18. The monoisotopic (exact) mass is 382 g/mol. The van der Waals surface area contributed by atoms with Gasteiger partial charge < -0.3 is 16.0 Å². The minimum atomic E-state index is -3.22. The number of likely N-dealkylation sites (tertiary alicyclic amines) is 1. The van der Waals surface area contributed by atoms with Gasteiger partial charge in [0.25, 0.3) is 5.92 Å². The molecule has 0 spiro atoms. The summed E-state index contributed by atoms with van der Waals surface area (Å²) in [6, 6.07) is 5.50. The van der Waals surface area contributed by atoms with Gasteiger partial charge in [-0.25, -0.2) is 4.39 Å². The number of amides is 2. The summed E-state index contributed by atoms with van der Waals surface area (Å²) in [6.45, 7) is 0.746. The second-order valence-corrected chi connectivity index (χ2v) is 6.41. The summed E-state index contributed by atoms with van der Waals surface area (Å²) in [5.41, 5.74) is 5.23. The van der Waals surface area contributed by atoms with Crippen LogP contribution in [-0.4, -0.2) is 49.0 Å². The minimum absolute atomic E-state index is 0.0662. The van der Waals surface area contributed by atoms with Crippen molar-refractivity contribution in [3.05, 3.63) is 41.9 Å².